The van der Waals surface area contributed by atoms with Gasteiger partial charge in [0.1, 0.15) is 0 Å². The van der Waals surface area contributed by atoms with Gasteiger partial charge in [0.25, 0.3) is 5.91 Å². The molecule has 3 aromatic rings. The van der Waals surface area contributed by atoms with Gasteiger partial charge < -0.3 is 5.32 Å². The number of nitrogens with one attached hydrogen (secondary N) is 1. The zero-order valence-electron chi connectivity index (χ0n) is 13.1. The first-order valence-corrected chi connectivity index (χ1v) is 7.42. The number of aromatic nitrogens is 2. The molecule has 4 heteroatoms. The number of rotatable bonds is 3. The predicted octanol–water partition coefficient (Wildman–Crippen LogP) is 4.01. The molecule has 1 aromatic heterocycles. The minimum Gasteiger partial charge on any atom is -0.320 e. The van der Waals surface area contributed by atoms with Gasteiger partial charge in [0.15, 0.2) is 5.69 Å². The van der Waals surface area contributed by atoms with Crippen molar-refractivity contribution in [2.24, 2.45) is 0 Å². The summed E-state index contributed by atoms with van der Waals surface area (Å²) in [6.45, 7) is 3.99. The molecule has 3 rings (SSSR count). The molecule has 1 N–H and O–H groups in total. The van der Waals surface area contributed by atoms with Gasteiger partial charge >= 0.3 is 0 Å². The molecule has 0 saturated carbocycles. The van der Waals surface area contributed by atoms with E-state index in [9.17, 15) is 4.79 Å². The molecular weight excluding hydrogens is 286 g/mol. The molecule has 0 bridgehead atoms. The Balaban J connectivity index is 1.79. The summed E-state index contributed by atoms with van der Waals surface area (Å²) in [5.74, 6) is -0.259. The Morgan fingerprint density at radius 2 is 1.65 bits per heavy atom. The summed E-state index contributed by atoms with van der Waals surface area (Å²) in [5, 5.41) is 11.1. The fourth-order valence-corrected chi connectivity index (χ4v) is 2.29. The van der Waals surface area contributed by atoms with Crippen molar-refractivity contribution in [1.82, 2.24) is 10.2 Å². The van der Waals surface area contributed by atoms with Crippen LogP contribution < -0.4 is 5.32 Å². The molecule has 0 spiro atoms. The molecule has 23 heavy (non-hydrogen) atoms. The van der Waals surface area contributed by atoms with Gasteiger partial charge in [-0.3, -0.25) is 4.79 Å². The van der Waals surface area contributed by atoms with Crippen LogP contribution in [-0.2, 0) is 0 Å². The number of carbonyl (C=O) groups is 1. The summed E-state index contributed by atoms with van der Waals surface area (Å²) >= 11 is 0. The summed E-state index contributed by atoms with van der Waals surface area (Å²) < 4.78 is 0. The summed E-state index contributed by atoms with van der Waals surface area (Å²) in [6.07, 6.45) is 0. The molecule has 0 aliphatic carbocycles. The highest BCUT2D eigenvalue weighted by atomic mass is 16.1. The highest BCUT2D eigenvalue weighted by molar-refractivity contribution is 6.03. The van der Waals surface area contributed by atoms with Gasteiger partial charge in [-0.1, -0.05) is 42.5 Å². The molecule has 1 amide bonds. The van der Waals surface area contributed by atoms with Crippen molar-refractivity contribution in [2.45, 2.75) is 13.8 Å². The van der Waals surface area contributed by atoms with Crippen LogP contribution in [0.3, 0.4) is 0 Å². The van der Waals surface area contributed by atoms with Crippen LogP contribution in [0.5, 0.6) is 0 Å². The second-order valence-corrected chi connectivity index (χ2v) is 5.37. The quantitative estimate of drug-likeness (QED) is 0.795. The van der Waals surface area contributed by atoms with Crippen molar-refractivity contribution < 1.29 is 4.79 Å². The average molecular weight is 303 g/mol. The normalized spacial score (nSPS) is 10.3. The van der Waals surface area contributed by atoms with Crippen LogP contribution in [0.2, 0.25) is 0 Å². The van der Waals surface area contributed by atoms with Gasteiger partial charge in [-0.2, -0.15) is 0 Å². The van der Waals surface area contributed by atoms with Crippen LogP contribution in [0, 0.1) is 13.8 Å². The van der Waals surface area contributed by atoms with Gasteiger partial charge in [0.2, 0.25) is 0 Å². The molecule has 114 valence electrons. The van der Waals surface area contributed by atoms with E-state index >= 15 is 0 Å². The minimum atomic E-state index is -0.259. The molecule has 0 saturated heterocycles. The van der Waals surface area contributed by atoms with E-state index in [0.717, 1.165) is 28.1 Å². The van der Waals surface area contributed by atoms with E-state index in [0.29, 0.717) is 5.69 Å². The second-order valence-electron chi connectivity index (χ2n) is 5.37. The Morgan fingerprint density at radius 3 is 2.35 bits per heavy atom. The largest absolute Gasteiger partial charge is 0.320 e. The molecule has 1 heterocycles. The molecule has 4 nitrogen and oxygen atoms in total. The molecule has 2 aromatic carbocycles. The lowest BCUT2D eigenvalue weighted by Crippen LogP contribution is -2.15. The summed E-state index contributed by atoms with van der Waals surface area (Å²) in [7, 11) is 0. The average Bonchev–Trinajstić information content (AvgIpc) is 2.60. The van der Waals surface area contributed by atoms with Crippen molar-refractivity contribution in [3.05, 3.63) is 77.5 Å². The van der Waals surface area contributed by atoms with Crippen molar-refractivity contribution in [3.63, 3.8) is 0 Å². The standard InChI is InChI=1S/C19H17N3O/c1-13-7-6-10-16(14(13)2)20-19(23)18-12-11-17(21-22-18)15-8-4-3-5-9-15/h3-12H,1-2H3,(H,20,23). The van der Waals surface area contributed by atoms with Gasteiger partial charge in [0.05, 0.1) is 5.69 Å². The van der Waals surface area contributed by atoms with E-state index in [1.807, 2.05) is 62.4 Å². The Hall–Kier alpha value is -3.01. The molecule has 0 fully saturated rings. The van der Waals surface area contributed by atoms with Gasteiger partial charge in [0, 0.05) is 11.3 Å². The van der Waals surface area contributed by atoms with E-state index in [1.54, 1.807) is 12.1 Å². The number of nitrogens with zero attached hydrogens (tertiary/aromatic N) is 2. The third-order valence-corrected chi connectivity index (χ3v) is 3.82. The second kappa shape index (κ2) is 6.40. The molecule has 0 radical (unpaired) electrons. The lowest BCUT2D eigenvalue weighted by atomic mass is 10.1. The number of amides is 1. The smallest absolute Gasteiger partial charge is 0.276 e. The Kier molecular flexibility index (Phi) is 4.15. The van der Waals surface area contributed by atoms with E-state index < -0.39 is 0 Å². The molecule has 0 atom stereocenters. The maximum Gasteiger partial charge on any atom is 0.276 e. The third kappa shape index (κ3) is 3.26. The highest BCUT2D eigenvalue weighted by Crippen LogP contribution is 2.19. The third-order valence-electron chi connectivity index (χ3n) is 3.82. The minimum absolute atomic E-state index is 0.259. The van der Waals surface area contributed by atoms with Gasteiger partial charge in [-0.25, -0.2) is 0 Å². The van der Waals surface area contributed by atoms with Crippen molar-refractivity contribution >= 4 is 11.6 Å². The molecule has 0 aliphatic rings. The number of anilines is 1. The maximum atomic E-state index is 12.3. The molecule has 0 unspecified atom stereocenters. The predicted molar refractivity (Wildman–Crippen MR) is 91.3 cm³/mol. The SMILES string of the molecule is Cc1cccc(NC(=O)c2ccc(-c3ccccc3)nn2)c1C. The fraction of sp³-hybridized carbons (Fsp3) is 0.105. The Labute approximate surface area is 135 Å². The van der Waals surface area contributed by atoms with E-state index in [-0.39, 0.29) is 5.91 Å². The van der Waals surface area contributed by atoms with Crippen LogP contribution in [0.25, 0.3) is 11.3 Å². The molecule has 0 aliphatic heterocycles. The maximum absolute atomic E-state index is 12.3. The number of carbonyl (C=O) groups excluding carboxylic acids is 1. The van der Waals surface area contributed by atoms with Crippen molar-refractivity contribution in [3.8, 4) is 11.3 Å². The summed E-state index contributed by atoms with van der Waals surface area (Å²) in [6, 6.07) is 19.1. The number of benzene rings is 2. The van der Waals surface area contributed by atoms with E-state index in [2.05, 4.69) is 15.5 Å². The Morgan fingerprint density at radius 1 is 0.870 bits per heavy atom. The lowest BCUT2D eigenvalue weighted by molar-refractivity contribution is 0.102. The summed E-state index contributed by atoms with van der Waals surface area (Å²) in [4.78, 5) is 12.3. The van der Waals surface area contributed by atoms with Crippen LogP contribution in [0.1, 0.15) is 21.6 Å². The van der Waals surface area contributed by atoms with Crippen LogP contribution in [-0.4, -0.2) is 16.1 Å². The summed E-state index contributed by atoms with van der Waals surface area (Å²) in [5.41, 5.74) is 4.99. The lowest BCUT2D eigenvalue weighted by Gasteiger charge is -2.09. The number of hydrogen-bond donors (Lipinski definition) is 1. The first-order chi connectivity index (χ1) is 11.1. The zero-order chi connectivity index (χ0) is 16.2. The first-order valence-electron chi connectivity index (χ1n) is 7.42. The van der Waals surface area contributed by atoms with Crippen molar-refractivity contribution in [2.75, 3.05) is 5.32 Å². The first kappa shape index (κ1) is 14.9. The zero-order valence-corrected chi connectivity index (χ0v) is 13.1. The van der Waals surface area contributed by atoms with Crippen LogP contribution in [0.15, 0.2) is 60.7 Å². The van der Waals surface area contributed by atoms with Gasteiger partial charge in [-0.05, 0) is 43.2 Å². The fourth-order valence-electron chi connectivity index (χ4n) is 2.29. The topological polar surface area (TPSA) is 54.9 Å². The number of aryl methyl sites for hydroxylation is 1. The van der Waals surface area contributed by atoms with Gasteiger partial charge in [-0.15, -0.1) is 10.2 Å². The highest BCUT2D eigenvalue weighted by Gasteiger charge is 2.11. The van der Waals surface area contributed by atoms with E-state index in [4.69, 9.17) is 0 Å². The van der Waals surface area contributed by atoms with E-state index in [1.165, 1.54) is 0 Å². The monoisotopic (exact) mass is 303 g/mol. The Bertz CT molecular complexity index is 827. The number of hydrogen-bond acceptors (Lipinski definition) is 3. The van der Waals surface area contributed by atoms with Crippen LogP contribution >= 0.6 is 0 Å². The van der Waals surface area contributed by atoms with Crippen LogP contribution in [0.4, 0.5) is 5.69 Å². The molecular formula is C19H17N3O. The van der Waals surface area contributed by atoms with Crippen molar-refractivity contribution in [1.29, 1.82) is 0 Å².